The van der Waals surface area contributed by atoms with E-state index in [0.717, 1.165) is 102 Å². The molecule has 19 heteroatoms. The molecule has 6 atom stereocenters. The number of carbonyl (C=O) groups is 4. The summed E-state index contributed by atoms with van der Waals surface area (Å²) in [5.41, 5.74) is 0. The monoisotopic (exact) mass is 1450 g/mol. The minimum Gasteiger partial charge on any atom is -0.462 e. The quantitative estimate of drug-likeness (QED) is 0.0222. The van der Waals surface area contributed by atoms with Gasteiger partial charge in [0.2, 0.25) is 0 Å². The van der Waals surface area contributed by atoms with Crippen molar-refractivity contribution in [1.29, 1.82) is 0 Å². The highest BCUT2D eigenvalue weighted by atomic mass is 31.2. The minimum atomic E-state index is -4.96. The lowest BCUT2D eigenvalue weighted by atomic mass is 9.99. The van der Waals surface area contributed by atoms with Gasteiger partial charge in [-0.3, -0.25) is 37.3 Å². The van der Waals surface area contributed by atoms with E-state index >= 15 is 0 Å². The van der Waals surface area contributed by atoms with E-state index in [0.29, 0.717) is 25.7 Å². The van der Waals surface area contributed by atoms with Gasteiger partial charge in [-0.25, -0.2) is 9.13 Å². The van der Waals surface area contributed by atoms with Gasteiger partial charge in [-0.2, -0.15) is 0 Å². The Morgan fingerprint density at radius 1 is 0.293 bits per heavy atom. The first-order valence-electron chi connectivity index (χ1n) is 41.5. The van der Waals surface area contributed by atoms with Crippen LogP contribution in [0.15, 0.2) is 0 Å². The molecule has 0 fully saturated rings. The number of aliphatic hydroxyl groups is 1. The topological polar surface area (TPSA) is 237 Å². The third kappa shape index (κ3) is 72.8. The van der Waals surface area contributed by atoms with Crippen LogP contribution < -0.4 is 0 Å². The molecule has 0 amide bonds. The molecule has 0 saturated carbocycles. The molecule has 0 spiro atoms. The van der Waals surface area contributed by atoms with Crippen LogP contribution in [0.1, 0.15) is 420 Å². The van der Waals surface area contributed by atoms with Gasteiger partial charge in [0.25, 0.3) is 0 Å². The van der Waals surface area contributed by atoms with Crippen LogP contribution in [0.4, 0.5) is 0 Å². The zero-order chi connectivity index (χ0) is 72.8. The maximum atomic E-state index is 13.1. The van der Waals surface area contributed by atoms with E-state index in [-0.39, 0.29) is 25.7 Å². The van der Waals surface area contributed by atoms with Crippen molar-refractivity contribution in [1.82, 2.24) is 0 Å². The van der Waals surface area contributed by atoms with Crippen molar-refractivity contribution in [3.8, 4) is 0 Å². The predicted octanol–water partition coefficient (Wildman–Crippen LogP) is 23.9. The lowest BCUT2D eigenvalue weighted by Crippen LogP contribution is -2.30. The number of unbranched alkanes of at least 4 members (excludes halogenated alkanes) is 48. The number of hydrogen-bond acceptors (Lipinski definition) is 15. The van der Waals surface area contributed by atoms with Crippen molar-refractivity contribution in [3.05, 3.63) is 0 Å². The van der Waals surface area contributed by atoms with Gasteiger partial charge in [0.1, 0.15) is 19.3 Å². The SMILES string of the molecule is CCCCCCCCCCCCCCCCCC(=O)O[C@H](COC(=O)CCCCCCCCCCC)COP(=O)(O)OC[C@H](O)COP(=O)(O)OC[C@@H](COC(=O)CCCCCCCCCCCCCCCCC(C)C)OC(=O)CCCCCCCCCCCCCCCCC(C)CC. The summed E-state index contributed by atoms with van der Waals surface area (Å²) in [6.45, 7) is 9.70. The average Bonchev–Trinajstić information content (AvgIpc) is 1.01. The lowest BCUT2D eigenvalue weighted by molar-refractivity contribution is -0.161. The van der Waals surface area contributed by atoms with E-state index in [2.05, 4.69) is 41.5 Å². The summed E-state index contributed by atoms with van der Waals surface area (Å²) < 4.78 is 68.7. The van der Waals surface area contributed by atoms with Gasteiger partial charge in [-0.15, -0.1) is 0 Å². The summed E-state index contributed by atoms with van der Waals surface area (Å²) in [7, 11) is -9.92. The van der Waals surface area contributed by atoms with E-state index in [1.807, 2.05) is 0 Å². The van der Waals surface area contributed by atoms with Crippen LogP contribution in [0.25, 0.3) is 0 Å². The predicted molar refractivity (Wildman–Crippen MR) is 405 cm³/mol. The Hall–Kier alpha value is -1.94. The molecule has 0 rings (SSSR count). The van der Waals surface area contributed by atoms with E-state index < -0.39 is 97.5 Å². The van der Waals surface area contributed by atoms with Crippen LogP contribution >= 0.6 is 15.6 Å². The summed E-state index contributed by atoms with van der Waals surface area (Å²) in [4.78, 5) is 73.0. The number of phosphoric acid groups is 2. The molecule has 3 unspecified atom stereocenters. The Balaban J connectivity index is 5.23. The number of hydrogen-bond donors (Lipinski definition) is 3. The van der Waals surface area contributed by atoms with Crippen LogP contribution in [0.3, 0.4) is 0 Å². The fourth-order valence-corrected chi connectivity index (χ4v) is 13.9. The van der Waals surface area contributed by atoms with Gasteiger partial charge in [0, 0.05) is 25.7 Å². The molecule has 0 aliphatic heterocycles. The van der Waals surface area contributed by atoms with Gasteiger partial charge >= 0.3 is 39.5 Å². The normalized spacial score (nSPS) is 14.2. The number of phosphoric ester groups is 2. The molecule has 17 nitrogen and oxygen atoms in total. The molecule has 99 heavy (non-hydrogen) atoms. The first kappa shape index (κ1) is 97.1. The molecule has 3 N–H and O–H groups in total. The van der Waals surface area contributed by atoms with Crippen LogP contribution in [0, 0.1) is 11.8 Å². The Bertz CT molecular complexity index is 1910. The molecule has 0 aromatic rings. The van der Waals surface area contributed by atoms with Gasteiger partial charge < -0.3 is 33.8 Å². The van der Waals surface area contributed by atoms with Crippen molar-refractivity contribution in [2.45, 2.75) is 439 Å². The molecule has 0 saturated heterocycles. The van der Waals surface area contributed by atoms with E-state index in [1.165, 1.54) is 238 Å². The second kappa shape index (κ2) is 71.7. The van der Waals surface area contributed by atoms with Gasteiger partial charge in [0.15, 0.2) is 12.2 Å². The third-order valence-electron chi connectivity index (χ3n) is 19.1. The number of carbonyl (C=O) groups excluding carboxylic acids is 4. The fraction of sp³-hybridized carbons (Fsp3) is 0.950. The Labute approximate surface area is 607 Å². The minimum absolute atomic E-state index is 0.108. The van der Waals surface area contributed by atoms with E-state index in [4.69, 9.17) is 37.0 Å². The fourth-order valence-electron chi connectivity index (χ4n) is 12.3. The summed E-state index contributed by atoms with van der Waals surface area (Å²) in [6, 6.07) is 0. The molecule has 588 valence electrons. The molecule has 0 heterocycles. The van der Waals surface area contributed by atoms with Crippen molar-refractivity contribution in [2.24, 2.45) is 11.8 Å². The molecule has 0 aliphatic rings. The Morgan fingerprint density at radius 3 is 0.768 bits per heavy atom. The highest BCUT2D eigenvalue weighted by molar-refractivity contribution is 7.47. The van der Waals surface area contributed by atoms with Crippen molar-refractivity contribution >= 4 is 39.5 Å². The summed E-state index contributed by atoms with van der Waals surface area (Å²) in [5.74, 6) is -0.464. The molecule has 0 aliphatic carbocycles. The highest BCUT2D eigenvalue weighted by Gasteiger charge is 2.30. The summed E-state index contributed by atoms with van der Waals surface area (Å²) in [6.07, 6.45) is 60.9. The van der Waals surface area contributed by atoms with Crippen LogP contribution in [0.5, 0.6) is 0 Å². The molecule has 0 aromatic heterocycles. The molecule has 0 aromatic carbocycles. The largest absolute Gasteiger partial charge is 0.472 e. The maximum absolute atomic E-state index is 13.1. The van der Waals surface area contributed by atoms with Crippen LogP contribution in [-0.4, -0.2) is 96.7 Å². The maximum Gasteiger partial charge on any atom is 0.472 e. The van der Waals surface area contributed by atoms with E-state index in [1.54, 1.807) is 0 Å². The van der Waals surface area contributed by atoms with Crippen molar-refractivity contribution in [2.75, 3.05) is 39.6 Å². The van der Waals surface area contributed by atoms with Gasteiger partial charge in [0.05, 0.1) is 26.4 Å². The summed E-state index contributed by atoms with van der Waals surface area (Å²) in [5, 5.41) is 10.6. The zero-order valence-corrected chi connectivity index (χ0v) is 66.6. The van der Waals surface area contributed by atoms with Crippen LogP contribution in [-0.2, 0) is 65.4 Å². The smallest absolute Gasteiger partial charge is 0.462 e. The highest BCUT2D eigenvalue weighted by Crippen LogP contribution is 2.45. The Kier molecular flexibility index (Phi) is 70.3. The first-order chi connectivity index (χ1) is 47.9. The second-order valence-electron chi connectivity index (χ2n) is 29.5. The zero-order valence-electron chi connectivity index (χ0n) is 64.8. The number of rotatable bonds is 79. The first-order valence-corrected chi connectivity index (χ1v) is 44.5. The second-order valence-corrected chi connectivity index (χ2v) is 32.4. The van der Waals surface area contributed by atoms with Gasteiger partial charge in [-0.05, 0) is 37.5 Å². The average molecular weight is 1450 g/mol. The molecular weight excluding hydrogens is 1290 g/mol. The number of aliphatic hydroxyl groups excluding tert-OH is 1. The molecular formula is C80H156O17P2. The number of ether oxygens (including phenoxy) is 4. The molecule has 0 bridgehead atoms. The lowest BCUT2D eigenvalue weighted by Gasteiger charge is -2.21. The third-order valence-corrected chi connectivity index (χ3v) is 21.0. The summed E-state index contributed by atoms with van der Waals surface area (Å²) >= 11 is 0. The van der Waals surface area contributed by atoms with Crippen molar-refractivity contribution in [3.63, 3.8) is 0 Å². The van der Waals surface area contributed by atoms with E-state index in [9.17, 15) is 43.2 Å². The van der Waals surface area contributed by atoms with Gasteiger partial charge in [-0.1, -0.05) is 369 Å². The standard InChI is InChI=1S/C80H156O17P2/c1-7-10-12-14-16-18-19-20-21-29-34-40-46-52-58-64-79(84)96-75(68-90-77(82)62-56-50-44-36-17-15-13-11-8-2)70-94-98(86,87)92-66-74(81)67-93-99(88,89)95-71-76(69-91-78(83)63-57-51-45-39-33-28-24-22-26-31-37-42-48-54-60-72(4)5)97-80(85)65-59-53-47-41-35-30-25-23-27-32-38-43-49-55-61-73(6)9-3/h72-76,81H,7-71H2,1-6H3,(H,86,87)(H,88,89)/t73?,74-,75+,76+/m0/s1. The van der Waals surface area contributed by atoms with Crippen LogP contribution in [0.2, 0.25) is 0 Å². The molecule has 0 radical (unpaired) electrons. The van der Waals surface area contributed by atoms with Crippen molar-refractivity contribution < 1.29 is 80.2 Å². The Morgan fingerprint density at radius 2 is 0.515 bits per heavy atom. The number of esters is 4.